The van der Waals surface area contributed by atoms with Gasteiger partial charge in [0.15, 0.2) is 5.11 Å². The maximum Gasteiger partial charge on any atom is 0.416 e. The van der Waals surface area contributed by atoms with Gasteiger partial charge in [0.1, 0.15) is 0 Å². The van der Waals surface area contributed by atoms with E-state index >= 15 is 0 Å². The maximum absolute atomic E-state index is 13.3. The first kappa shape index (κ1) is 21.4. The van der Waals surface area contributed by atoms with E-state index in [9.17, 15) is 13.2 Å². The highest BCUT2D eigenvalue weighted by molar-refractivity contribution is 7.80. The van der Waals surface area contributed by atoms with Crippen LogP contribution in [-0.4, -0.2) is 26.1 Å². The van der Waals surface area contributed by atoms with E-state index in [-0.39, 0.29) is 12.1 Å². The van der Waals surface area contributed by atoms with Gasteiger partial charge in [-0.2, -0.15) is 13.2 Å². The van der Waals surface area contributed by atoms with E-state index in [0.29, 0.717) is 23.3 Å². The van der Waals surface area contributed by atoms with Crippen molar-refractivity contribution in [2.45, 2.75) is 32.1 Å². The lowest BCUT2D eigenvalue weighted by Crippen LogP contribution is -2.33. The summed E-state index contributed by atoms with van der Waals surface area (Å²) in [6.07, 6.45) is -0.886. The van der Waals surface area contributed by atoms with E-state index < -0.39 is 11.7 Å². The van der Waals surface area contributed by atoms with Gasteiger partial charge in [0.2, 0.25) is 0 Å². The Labute approximate surface area is 184 Å². The van der Waals surface area contributed by atoms with Crippen LogP contribution in [0.5, 0.6) is 0 Å². The van der Waals surface area contributed by atoms with Gasteiger partial charge in [-0.05, 0) is 60.6 Å². The Morgan fingerprint density at radius 1 is 1.10 bits per heavy atom. The van der Waals surface area contributed by atoms with Crippen LogP contribution in [0.3, 0.4) is 0 Å². The quantitative estimate of drug-likeness (QED) is 0.526. The predicted octanol–water partition coefficient (Wildman–Crippen LogP) is 5.52. The highest BCUT2D eigenvalue weighted by Gasteiger charge is 2.41. The lowest BCUT2D eigenvalue weighted by atomic mass is 10.0. The average Bonchev–Trinajstić information content (AvgIpc) is 3.33. The zero-order chi connectivity index (χ0) is 22.2. The summed E-state index contributed by atoms with van der Waals surface area (Å²) in [5.74, 6) is 0.349. The molecule has 1 saturated heterocycles. The number of nitrogens with one attached hydrogen (secondary N) is 1. The molecule has 1 aliphatic heterocycles. The largest absolute Gasteiger partial charge is 0.416 e. The van der Waals surface area contributed by atoms with E-state index in [4.69, 9.17) is 12.2 Å². The minimum absolute atomic E-state index is 0.214. The minimum atomic E-state index is -4.40. The topological polar surface area (TPSA) is 33.1 Å². The summed E-state index contributed by atoms with van der Waals surface area (Å²) >= 11 is 5.65. The molecule has 0 aliphatic carbocycles. The Balaban J connectivity index is 1.81. The molecule has 31 heavy (non-hydrogen) atoms. The number of benzene rings is 1. The van der Waals surface area contributed by atoms with Gasteiger partial charge < -0.3 is 14.8 Å². The molecule has 1 aromatic carbocycles. The van der Waals surface area contributed by atoms with Gasteiger partial charge in [-0.25, -0.2) is 0 Å². The van der Waals surface area contributed by atoms with Crippen molar-refractivity contribution < 1.29 is 13.2 Å². The molecule has 3 aromatic rings. The number of aromatic nitrogens is 2. The number of rotatable bonds is 5. The Hall–Kier alpha value is -2.87. The van der Waals surface area contributed by atoms with Gasteiger partial charge >= 0.3 is 6.18 Å². The fourth-order valence-electron chi connectivity index (χ4n) is 4.02. The second-order valence-corrected chi connectivity index (χ2v) is 8.41. The molecule has 8 heteroatoms. The Kier molecular flexibility index (Phi) is 5.75. The smallest absolute Gasteiger partial charge is 0.352 e. The Morgan fingerprint density at radius 3 is 2.58 bits per heavy atom. The summed E-state index contributed by atoms with van der Waals surface area (Å²) in [6.45, 7) is 4.94. The lowest BCUT2D eigenvalue weighted by molar-refractivity contribution is -0.137. The van der Waals surface area contributed by atoms with Crippen molar-refractivity contribution in [3.63, 3.8) is 0 Å². The number of thiocarbonyl (C=S) groups is 1. The maximum atomic E-state index is 13.3. The molecule has 4 nitrogen and oxygen atoms in total. The number of halogens is 3. The second-order valence-electron chi connectivity index (χ2n) is 8.02. The summed E-state index contributed by atoms with van der Waals surface area (Å²) in [5.41, 5.74) is 1.46. The van der Waals surface area contributed by atoms with Crippen LogP contribution in [0.15, 0.2) is 67.0 Å². The van der Waals surface area contributed by atoms with E-state index in [1.807, 2.05) is 30.3 Å². The number of nitrogens with zero attached hydrogens (tertiary/aromatic N) is 3. The summed E-state index contributed by atoms with van der Waals surface area (Å²) in [7, 11) is 0. The standard InChI is InChI=1S/C23H23F3N4S/c1-15(2)14-30-21(20(28-22(30)31)18-9-3-4-11-27-18)19-10-6-12-29(19)17-8-5-7-16(13-17)23(24,25)26/h3-13,15,20-21H,14H2,1-2H3,(H,28,31)/t20-,21+/m0/s1. The van der Waals surface area contributed by atoms with Gasteiger partial charge in [-0.15, -0.1) is 0 Å². The van der Waals surface area contributed by atoms with Crippen LogP contribution in [-0.2, 0) is 6.18 Å². The predicted molar refractivity (Wildman–Crippen MR) is 118 cm³/mol. The van der Waals surface area contributed by atoms with Crippen LogP contribution >= 0.6 is 12.2 Å². The van der Waals surface area contributed by atoms with Crippen molar-refractivity contribution in [2.24, 2.45) is 5.92 Å². The lowest BCUT2D eigenvalue weighted by Gasteiger charge is -2.30. The number of pyridine rings is 1. The molecule has 2 atom stereocenters. The van der Waals surface area contributed by atoms with Crippen molar-refractivity contribution in [1.82, 2.24) is 19.8 Å². The van der Waals surface area contributed by atoms with Crippen molar-refractivity contribution in [2.75, 3.05) is 6.54 Å². The Morgan fingerprint density at radius 2 is 1.90 bits per heavy atom. The molecule has 3 heterocycles. The molecule has 0 spiro atoms. The first-order chi connectivity index (χ1) is 14.8. The van der Waals surface area contributed by atoms with Gasteiger partial charge in [-0.3, -0.25) is 4.98 Å². The fraction of sp³-hybridized carbons (Fsp3) is 0.304. The fourth-order valence-corrected chi connectivity index (χ4v) is 4.33. The number of hydrogen-bond donors (Lipinski definition) is 1. The van der Waals surface area contributed by atoms with Gasteiger partial charge in [0.25, 0.3) is 0 Å². The molecule has 162 valence electrons. The van der Waals surface area contributed by atoms with Crippen LogP contribution in [0.1, 0.15) is 42.9 Å². The normalized spacial score (nSPS) is 19.2. The molecule has 0 radical (unpaired) electrons. The number of alkyl halides is 3. The molecule has 1 fully saturated rings. The molecule has 0 unspecified atom stereocenters. The van der Waals surface area contributed by atoms with E-state index in [1.54, 1.807) is 23.0 Å². The van der Waals surface area contributed by atoms with Crippen LogP contribution in [0.25, 0.3) is 5.69 Å². The molecule has 1 aliphatic rings. The highest BCUT2D eigenvalue weighted by Crippen LogP contribution is 2.40. The average molecular weight is 445 g/mol. The monoisotopic (exact) mass is 444 g/mol. The zero-order valence-electron chi connectivity index (χ0n) is 17.2. The molecule has 1 N–H and O–H groups in total. The molecule has 2 aromatic heterocycles. The first-order valence-corrected chi connectivity index (χ1v) is 10.5. The molecule has 0 saturated carbocycles. The van der Waals surface area contributed by atoms with Gasteiger partial charge in [0.05, 0.1) is 23.3 Å². The van der Waals surface area contributed by atoms with Crippen molar-refractivity contribution in [3.05, 3.63) is 83.9 Å². The summed E-state index contributed by atoms with van der Waals surface area (Å²) in [6, 6.07) is 14.4. The zero-order valence-corrected chi connectivity index (χ0v) is 18.0. The van der Waals surface area contributed by atoms with Crippen LogP contribution in [0, 0.1) is 5.92 Å². The SMILES string of the molecule is CC(C)CN1C(=S)N[C@@H](c2ccccn2)[C@H]1c1cccn1-c1cccc(C(F)(F)F)c1. The van der Waals surface area contributed by atoms with Gasteiger partial charge in [0, 0.05) is 30.3 Å². The third-order valence-electron chi connectivity index (χ3n) is 5.29. The summed E-state index contributed by atoms with van der Waals surface area (Å²) in [5, 5.41) is 4.00. The van der Waals surface area contributed by atoms with Crippen molar-refractivity contribution in [3.8, 4) is 5.69 Å². The number of hydrogen-bond acceptors (Lipinski definition) is 2. The van der Waals surface area contributed by atoms with E-state index in [2.05, 4.69) is 29.0 Å². The third kappa shape index (κ3) is 4.30. The molecule has 0 amide bonds. The minimum Gasteiger partial charge on any atom is -0.352 e. The molecular weight excluding hydrogens is 421 g/mol. The van der Waals surface area contributed by atoms with Crippen molar-refractivity contribution in [1.29, 1.82) is 0 Å². The van der Waals surface area contributed by atoms with Gasteiger partial charge in [-0.1, -0.05) is 26.0 Å². The molecule has 0 bridgehead atoms. The Bertz CT molecular complexity index is 1060. The highest BCUT2D eigenvalue weighted by atomic mass is 32.1. The summed E-state index contributed by atoms with van der Waals surface area (Å²) < 4.78 is 41.7. The first-order valence-electron chi connectivity index (χ1n) is 10.1. The molecular formula is C23H23F3N4S. The third-order valence-corrected chi connectivity index (χ3v) is 5.65. The van der Waals surface area contributed by atoms with Crippen molar-refractivity contribution >= 4 is 17.3 Å². The van der Waals surface area contributed by atoms with Crippen LogP contribution in [0.4, 0.5) is 13.2 Å². The second kappa shape index (κ2) is 8.34. The molecule has 4 rings (SSSR count). The van der Waals surface area contributed by atoms with E-state index in [1.165, 1.54) is 12.1 Å². The van der Waals surface area contributed by atoms with Crippen LogP contribution < -0.4 is 5.32 Å². The summed E-state index contributed by atoms with van der Waals surface area (Å²) in [4.78, 5) is 6.62. The van der Waals surface area contributed by atoms with Crippen LogP contribution in [0.2, 0.25) is 0 Å². The van der Waals surface area contributed by atoms with E-state index in [0.717, 1.165) is 17.5 Å².